The highest BCUT2D eigenvalue weighted by molar-refractivity contribution is 5.87. The third-order valence-electron chi connectivity index (χ3n) is 5.34. The molecule has 0 radical (unpaired) electrons. The Hall–Kier alpha value is -3.63. The average molecular weight is 527 g/mol. The molecule has 1 aromatic carbocycles. The molecule has 0 amide bonds. The zero-order chi connectivity index (χ0) is 27.4. The first-order chi connectivity index (χ1) is 17.4. The van der Waals surface area contributed by atoms with Gasteiger partial charge in [0.1, 0.15) is 25.1 Å². The molecule has 0 aromatic heterocycles. The van der Waals surface area contributed by atoms with E-state index < -0.39 is 54.9 Å². The van der Waals surface area contributed by atoms with Gasteiger partial charge >= 0.3 is 30.1 Å². The fourth-order valence-electron chi connectivity index (χ4n) is 3.36. The number of carbonyl (C=O) groups excluding carboxylic acids is 4. The highest BCUT2D eigenvalue weighted by Crippen LogP contribution is 2.29. The number of halogens is 3. The Kier molecular flexibility index (Phi) is 11.4. The normalized spacial score (nSPS) is 17.6. The maximum absolute atomic E-state index is 12.4. The summed E-state index contributed by atoms with van der Waals surface area (Å²) in [7, 11) is 0. The summed E-state index contributed by atoms with van der Waals surface area (Å²) in [6.07, 6.45) is -2.62. The number of ether oxygens (including phenoxy) is 4. The SMILES string of the molecule is C=C(C)C(=O)OCCOC(=O)/C=C/c1ccc(OC(=O)C2CCC(OC(=O)CCC(F)(F)F)CC2)cc1. The minimum Gasteiger partial charge on any atom is -0.462 e. The summed E-state index contributed by atoms with van der Waals surface area (Å²) in [6.45, 7) is 4.76. The second-order valence-electron chi connectivity index (χ2n) is 8.49. The van der Waals surface area contributed by atoms with Crippen molar-refractivity contribution in [1.82, 2.24) is 0 Å². The van der Waals surface area contributed by atoms with Crippen molar-refractivity contribution < 1.29 is 51.3 Å². The fraction of sp³-hybridized carbons (Fsp3) is 0.462. The molecule has 2 rings (SSSR count). The van der Waals surface area contributed by atoms with E-state index in [2.05, 4.69) is 6.58 Å². The van der Waals surface area contributed by atoms with Crippen molar-refractivity contribution >= 4 is 30.0 Å². The van der Waals surface area contributed by atoms with Gasteiger partial charge in [-0.15, -0.1) is 0 Å². The van der Waals surface area contributed by atoms with Crippen molar-refractivity contribution in [3.63, 3.8) is 0 Å². The molecular formula is C26H29F3O8. The van der Waals surface area contributed by atoms with Crippen LogP contribution >= 0.6 is 0 Å². The van der Waals surface area contributed by atoms with E-state index >= 15 is 0 Å². The predicted octanol–water partition coefficient (Wildman–Crippen LogP) is 4.71. The van der Waals surface area contributed by atoms with Gasteiger partial charge in [-0.25, -0.2) is 9.59 Å². The van der Waals surface area contributed by atoms with E-state index in [1.165, 1.54) is 19.1 Å². The van der Waals surface area contributed by atoms with Crippen LogP contribution in [0.5, 0.6) is 5.75 Å². The van der Waals surface area contributed by atoms with Gasteiger partial charge in [-0.2, -0.15) is 13.2 Å². The lowest BCUT2D eigenvalue weighted by Gasteiger charge is -2.27. The molecule has 1 saturated carbocycles. The summed E-state index contributed by atoms with van der Waals surface area (Å²) < 4.78 is 56.8. The Bertz CT molecular complexity index is 990. The second-order valence-corrected chi connectivity index (χ2v) is 8.49. The minimum atomic E-state index is -4.41. The second kappa shape index (κ2) is 14.2. The third kappa shape index (κ3) is 11.8. The van der Waals surface area contributed by atoms with Crippen molar-refractivity contribution in [3.8, 4) is 5.75 Å². The lowest BCUT2D eigenvalue weighted by Crippen LogP contribution is -2.30. The van der Waals surface area contributed by atoms with Crippen LogP contribution in [0.2, 0.25) is 0 Å². The quantitative estimate of drug-likeness (QED) is 0.134. The molecule has 37 heavy (non-hydrogen) atoms. The zero-order valence-corrected chi connectivity index (χ0v) is 20.4. The van der Waals surface area contributed by atoms with Crippen LogP contribution in [0.25, 0.3) is 6.08 Å². The Labute approximate surface area is 212 Å². The highest BCUT2D eigenvalue weighted by atomic mass is 19.4. The molecule has 11 heteroatoms. The van der Waals surface area contributed by atoms with Crippen LogP contribution in [0.4, 0.5) is 13.2 Å². The number of alkyl halides is 3. The van der Waals surface area contributed by atoms with E-state index in [-0.39, 0.29) is 18.8 Å². The first kappa shape index (κ1) is 29.6. The summed E-state index contributed by atoms with van der Waals surface area (Å²) in [5.74, 6) is -2.62. The summed E-state index contributed by atoms with van der Waals surface area (Å²) in [5, 5.41) is 0. The van der Waals surface area contributed by atoms with Gasteiger partial charge in [0.25, 0.3) is 0 Å². The molecule has 0 bridgehead atoms. The molecule has 1 aliphatic rings. The molecule has 0 spiro atoms. The fourth-order valence-corrected chi connectivity index (χ4v) is 3.36. The predicted molar refractivity (Wildman–Crippen MR) is 125 cm³/mol. The molecule has 1 fully saturated rings. The van der Waals surface area contributed by atoms with E-state index in [4.69, 9.17) is 18.9 Å². The van der Waals surface area contributed by atoms with Crippen molar-refractivity contribution in [2.45, 2.75) is 57.7 Å². The summed E-state index contributed by atoms with van der Waals surface area (Å²) in [6, 6.07) is 6.40. The van der Waals surface area contributed by atoms with Crippen molar-refractivity contribution in [2.75, 3.05) is 13.2 Å². The monoisotopic (exact) mass is 526 g/mol. The number of benzene rings is 1. The molecule has 0 saturated heterocycles. The zero-order valence-electron chi connectivity index (χ0n) is 20.4. The van der Waals surface area contributed by atoms with Crippen LogP contribution in [0, 0.1) is 5.92 Å². The maximum atomic E-state index is 12.4. The van der Waals surface area contributed by atoms with Crippen molar-refractivity contribution in [2.24, 2.45) is 5.92 Å². The van der Waals surface area contributed by atoms with Crippen LogP contribution in [0.3, 0.4) is 0 Å². The van der Waals surface area contributed by atoms with Crippen molar-refractivity contribution in [3.05, 3.63) is 48.1 Å². The van der Waals surface area contributed by atoms with Gasteiger partial charge in [0.15, 0.2) is 0 Å². The van der Waals surface area contributed by atoms with Gasteiger partial charge in [-0.05, 0) is 56.4 Å². The lowest BCUT2D eigenvalue weighted by molar-refractivity contribution is -0.163. The lowest BCUT2D eigenvalue weighted by atomic mass is 9.87. The Balaban J connectivity index is 1.70. The summed E-state index contributed by atoms with van der Waals surface area (Å²) in [4.78, 5) is 47.0. The van der Waals surface area contributed by atoms with E-state index in [1.54, 1.807) is 24.3 Å². The van der Waals surface area contributed by atoms with Gasteiger partial charge in [-0.1, -0.05) is 18.7 Å². The van der Waals surface area contributed by atoms with Gasteiger partial charge in [0, 0.05) is 11.6 Å². The smallest absolute Gasteiger partial charge is 0.389 e. The summed E-state index contributed by atoms with van der Waals surface area (Å²) >= 11 is 0. The van der Waals surface area contributed by atoms with Gasteiger partial charge < -0.3 is 18.9 Å². The van der Waals surface area contributed by atoms with Gasteiger partial charge in [0.05, 0.1) is 18.8 Å². The highest BCUT2D eigenvalue weighted by Gasteiger charge is 2.32. The van der Waals surface area contributed by atoms with Crippen LogP contribution in [0.15, 0.2) is 42.5 Å². The first-order valence-electron chi connectivity index (χ1n) is 11.7. The molecule has 0 unspecified atom stereocenters. The molecule has 0 heterocycles. The number of esters is 4. The number of hydrogen-bond donors (Lipinski definition) is 0. The minimum absolute atomic E-state index is 0.0832. The number of rotatable bonds is 11. The van der Waals surface area contributed by atoms with E-state index in [0.717, 1.165) is 0 Å². The Morgan fingerprint density at radius 1 is 1.00 bits per heavy atom. The van der Waals surface area contributed by atoms with Crippen molar-refractivity contribution in [1.29, 1.82) is 0 Å². The Morgan fingerprint density at radius 3 is 2.22 bits per heavy atom. The van der Waals surface area contributed by atoms with Crippen LogP contribution < -0.4 is 4.74 Å². The Morgan fingerprint density at radius 2 is 1.62 bits per heavy atom. The first-order valence-corrected chi connectivity index (χ1v) is 11.7. The standard InChI is InChI=1S/C26H29F3O8/c1-17(2)24(32)35-16-15-34-22(30)12-5-18-3-8-21(9-4-18)37-25(33)19-6-10-20(11-7-19)36-23(31)13-14-26(27,28)29/h3-5,8-9,12,19-20H,1,6-7,10-11,13-16H2,2H3/b12-5+. The average Bonchev–Trinajstić information content (AvgIpc) is 2.84. The maximum Gasteiger partial charge on any atom is 0.389 e. The van der Waals surface area contributed by atoms with Crippen LogP contribution in [0.1, 0.15) is 51.0 Å². The van der Waals surface area contributed by atoms with E-state index in [9.17, 15) is 32.3 Å². The largest absolute Gasteiger partial charge is 0.462 e. The van der Waals surface area contributed by atoms with Gasteiger partial charge in [0.2, 0.25) is 0 Å². The number of hydrogen-bond acceptors (Lipinski definition) is 8. The van der Waals surface area contributed by atoms with E-state index in [0.29, 0.717) is 37.0 Å². The van der Waals surface area contributed by atoms with Crippen LogP contribution in [-0.2, 0) is 33.4 Å². The molecule has 0 atom stereocenters. The molecule has 0 N–H and O–H groups in total. The molecule has 8 nitrogen and oxygen atoms in total. The molecule has 1 aliphatic carbocycles. The molecule has 1 aromatic rings. The third-order valence-corrected chi connectivity index (χ3v) is 5.34. The molecule has 0 aliphatic heterocycles. The topological polar surface area (TPSA) is 105 Å². The van der Waals surface area contributed by atoms with Gasteiger partial charge in [-0.3, -0.25) is 9.59 Å². The molecular weight excluding hydrogens is 497 g/mol. The number of carbonyl (C=O) groups is 4. The molecule has 202 valence electrons. The van der Waals surface area contributed by atoms with Crippen LogP contribution in [-0.4, -0.2) is 49.4 Å². The summed E-state index contributed by atoms with van der Waals surface area (Å²) in [5.41, 5.74) is 0.898. The van der Waals surface area contributed by atoms with E-state index in [1.807, 2.05) is 0 Å².